The predicted octanol–water partition coefficient (Wildman–Crippen LogP) is 3.57. The number of aryl methyl sites for hydroxylation is 1. The molecule has 0 fully saturated rings. The number of nitrogens with one attached hydrogen (secondary N) is 1. The Kier molecular flexibility index (Phi) is 4.55. The van der Waals surface area contributed by atoms with Gasteiger partial charge in [-0.05, 0) is 37.1 Å². The van der Waals surface area contributed by atoms with Crippen LogP contribution >= 0.6 is 0 Å². The summed E-state index contributed by atoms with van der Waals surface area (Å²) in [6, 6.07) is 12.6. The molecule has 0 spiro atoms. The van der Waals surface area contributed by atoms with E-state index in [1.54, 1.807) is 19.1 Å². The van der Waals surface area contributed by atoms with Crippen LogP contribution in [0.4, 0.5) is 11.4 Å². The first-order valence-corrected chi connectivity index (χ1v) is 6.72. The van der Waals surface area contributed by atoms with Crippen molar-refractivity contribution in [1.82, 2.24) is 0 Å². The summed E-state index contributed by atoms with van der Waals surface area (Å²) in [5.74, 6) is 0. The number of rotatable bonds is 5. The molecule has 0 aliphatic heterocycles. The average molecular weight is 286 g/mol. The van der Waals surface area contributed by atoms with E-state index in [4.69, 9.17) is 5.11 Å². The Morgan fingerprint density at radius 3 is 2.48 bits per heavy atom. The summed E-state index contributed by atoms with van der Waals surface area (Å²) in [4.78, 5) is 10.6. The minimum atomic E-state index is -0.360. The third-order valence-electron chi connectivity index (χ3n) is 3.45. The third kappa shape index (κ3) is 3.58. The van der Waals surface area contributed by atoms with Crippen molar-refractivity contribution < 1.29 is 10.0 Å². The second-order valence-corrected chi connectivity index (χ2v) is 5.02. The van der Waals surface area contributed by atoms with Gasteiger partial charge in [-0.2, -0.15) is 0 Å². The SMILES string of the molecule is Cc1ccc(C(C)Nc2ccc(CO)cc2)cc1[N+](=O)[O-]. The van der Waals surface area contributed by atoms with Gasteiger partial charge in [-0.15, -0.1) is 0 Å². The lowest BCUT2D eigenvalue weighted by Gasteiger charge is -2.16. The van der Waals surface area contributed by atoms with Crippen LogP contribution in [0.15, 0.2) is 42.5 Å². The predicted molar refractivity (Wildman–Crippen MR) is 82.2 cm³/mol. The standard InChI is InChI=1S/C16H18N2O3/c1-11-3-6-14(9-16(11)18(20)21)12(2)17-15-7-4-13(10-19)5-8-15/h3-9,12,17,19H,10H2,1-2H3. The summed E-state index contributed by atoms with van der Waals surface area (Å²) in [6.45, 7) is 3.70. The Labute approximate surface area is 123 Å². The first kappa shape index (κ1) is 15.0. The molecule has 0 aromatic heterocycles. The van der Waals surface area contributed by atoms with Gasteiger partial charge in [0.2, 0.25) is 0 Å². The molecule has 2 aromatic rings. The molecular weight excluding hydrogens is 268 g/mol. The zero-order chi connectivity index (χ0) is 15.4. The van der Waals surface area contributed by atoms with Gasteiger partial charge in [0.25, 0.3) is 5.69 Å². The maximum Gasteiger partial charge on any atom is 0.272 e. The van der Waals surface area contributed by atoms with Gasteiger partial charge >= 0.3 is 0 Å². The molecule has 2 aromatic carbocycles. The highest BCUT2D eigenvalue weighted by Crippen LogP contribution is 2.25. The molecule has 0 bridgehead atoms. The Hall–Kier alpha value is -2.40. The third-order valence-corrected chi connectivity index (χ3v) is 3.45. The van der Waals surface area contributed by atoms with Crippen LogP contribution < -0.4 is 5.32 Å². The fourth-order valence-electron chi connectivity index (χ4n) is 2.13. The summed E-state index contributed by atoms with van der Waals surface area (Å²) in [7, 11) is 0. The van der Waals surface area contributed by atoms with Crippen LogP contribution in [-0.4, -0.2) is 10.0 Å². The van der Waals surface area contributed by atoms with Gasteiger partial charge in [-0.3, -0.25) is 10.1 Å². The van der Waals surface area contributed by atoms with E-state index in [-0.39, 0.29) is 23.3 Å². The highest BCUT2D eigenvalue weighted by molar-refractivity contribution is 5.49. The normalized spacial score (nSPS) is 12.0. The van der Waals surface area contributed by atoms with Crippen LogP contribution in [0.2, 0.25) is 0 Å². The molecule has 0 saturated carbocycles. The zero-order valence-electron chi connectivity index (χ0n) is 12.0. The molecule has 0 saturated heterocycles. The molecule has 2 rings (SSSR count). The fourth-order valence-corrected chi connectivity index (χ4v) is 2.13. The fraction of sp³-hybridized carbons (Fsp3) is 0.250. The van der Waals surface area contributed by atoms with Gasteiger partial charge in [-0.25, -0.2) is 0 Å². The van der Waals surface area contributed by atoms with Gasteiger partial charge in [-0.1, -0.05) is 24.3 Å². The molecule has 21 heavy (non-hydrogen) atoms. The van der Waals surface area contributed by atoms with Crippen LogP contribution in [0.5, 0.6) is 0 Å². The van der Waals surface area contributed by atoms with Crippen molar-refractivity contribution in [3.05, 3.63) is 69.3 Å². The molecule has 1 unspecified atom stereocenters. The quantitative estimate of drug-likeness (QED) is 0.651. The van der Waals surface area contributed by atoms with Gasteiger partial charge in [0.15, 0.2) is 0 Å². The Morgan fingerprint density at radius 1 is 1.24 bits per heavy atom. The van der Waals surface area contributed by atoms with Gasteiger partial charge in [0.05, 0.1) is 11.5 Å². The molecular formula is C16H18N2O3. The monoisotopic (exact) mass is 286 g/mol. The summed E-state index contributed by atoms with van der Waals surface area (Å²) in [6.07, 6.45) is 0. The van der Waals surface area contributed by atoms with Crippen molar-refractivity contribution in [2.24, 2.45) is 0 Å². The minimum Gasteiger partial charge on any atom is -0.392 e. The summed E-state index contributed by atoms with van der Waals surface area (Å²) in [5.41, 5.74) is 3.40. The van der Waals surface area contributed by atoms with Crippen molar-refractivity contribution in [2.45, 2.75) is 26.5 Å². The number of hydrogen-bond acceptors (Lipinski definition) is 4. The second kappa shape index (κ2) is 6.37. The first-order chi connectivity index (χ1) is 10.0. The molecule has 0 aliphatic carbocycles. The maximum atomic E-state index is 11.0. The molecule has 5 nitrogen and oxygen atoms in total. The number of aliphatic hydroxyl groups excluding tert-OH is 1. The number of benzene rings is 2. The largest absolute Gasteiger partial charge is 0.392 e. The van der Waals surface area contributed by atoms with E-state index in [0.717, 1.165) is 16.8 Å². The van der Waals surface area contributed by atoms with Crippen LogP contribution in [0.3, 0.4) is 0 Å². The van der Waals surface area contributed by atoms with Crippen molar-refractivity contribution >= 4 is 11.4 Å². The lowest BCUT2D eigenvalue weighted by Crippen LogP contribution is -2.07. The highest BCUT2D eigenvalue weighted by atomic mass is 16.6. The zero-order valence-corrected chi connectivity index (χ0v) is 12.0. The molecule has 0 heterocycles. The van der Waals surface area contributed by atoms with Gasteiger partial charge in [0, 0.05) is 23.4 Å². The number of nitrogens with zero attached hydrogens (tertiary/aromatic N) is 1. The Morgan fingerprint density at radius 2 is 1.90 bits per heavy atom. The lowest BCUT2D eigenvalue weighted by atomic mass is 10.0. The van der Waals surface area contributed by atoms with Crippen LogP contribution in [0.1, 0.15) is 29.7 Å². The summed E-state index contributed by atoms with van der Waals surface area (Å²) in [5, 5.41) is 23.3. The van der Waals surface area contributed by atoms with Crippen molar-refractivity contribution in [3.63, 3.8) is 0 Å². The minimum absolute atomic E-state index is 0.0139. The lowest BCUT2D eigenvalue weighted by molar-refractivity contribution is -0.385. The summed E-state index contributed by atoms with van der Waals surface area (Å²) >= 11 is 0. The van der Waals surface area contributed by atoms with Gasteiger partial charge < -0.3 is 10.4 Å². The van der Waals surface area contributed by atoms with E-state index in [1.165, 1.54) is 0 Å². The van der Waals surface area contributed by atoms with Gasteiger partial charge in [0.1, 0.15) is 0 Å². The molecule has 2 N–H and O–H groups in total. The average Bonchev–Trinajstić information content (AvgIpc) is 2.48. The molecule has 0 radical (unpaired) electrons. The molecule has 5 heteroatoms. The van der Waals surface area contributed by atoms with E-state index in [2.05, 4.69) is 5.32 Å². The topological polar surface area (TPSA) is 75.4 Å². The van der Waals surface area contributed by atoms with E-state index in [1.807, 2.05) is 37.3 Å². The second-order valence-electron chi connectivity index (χ2n) is 5.02. The van der Waals surface area contributed by atoms with E-state index >= 15 is 0 Å². The van der Waals surface area contributed by atoms with Crippen molar-refractivity contribution in [1.29, 1.82) is 0 Å². The molecule has 0 amide bonds. The molecule has 1 atom stereocenters. The number of hydrogen-bond donors (Lipinski definition) is 2. The van der Waals surface area contributed by atoms with E-state index in [0.29, 0.717) is 5.56 Å². The van der Waals surface area contributed by atoms with Crippen LogP contribution in [0, 0.1) is 17.0 Å². The Balaban J connectivity index is 2.17. The van der Waals surface area contributed by atoms with Crippen molar-refractivity contribution in [2.75, 3.05) is 5.32 Å². The maximum absolute atomic E-state index is 11.0. The number of nitro groups is 1. The number of aliphatic hydroxyl groups is 1. The highest BCUT2D eigenvalue weighted by Gasteiger charge is 2.14. The Bertz CT molecular complexity index is 638. The van der Waals surface area contributed by atoms with E-state index < -0.39 is 0 Å². The van der Waals surface area contributed by atoms with Crippen LogP contribution in [0.25, 0.3) is 0 Å². The number of nitro benzene ring substituents is 1. The molecule has 0 aliphatic rings. The number of anilines is 1. The van der Waals surface area contributed by atoms with Crippen LogP contribution in [-0.2, 0) is 6.61 Å². The summed E-state index contributed by atoms with van der Waals surface area (Å²) < 4.78 is 0. The van der Waals surface area contributed by atoms with E-state index in [9.17, 15) is 10.1 Å². The van der Waals surface area contributed by atoms with Crippen molar-refractivity contribution in [3.8, 4) is 0 Å². The molecule has 110 valence electrons. The smallest absolute Gasteiger partial charge is 0.272 e. The first-order valence-electron chi connectivity index (χ1n) is 6.72.